The van der Waals surface area contributed by atoms with E-state index in [0.29, 0.717) is 27.6 Å². The number of hydrogen-bond donors (Lipinski definition) is 3. The third-order valence-corrected chi connectivity index (χ3v) is 5.35. The van der Waals surface area contributed by atoms with Crippen LogP contribution in [0, 0.1) is 5.82 Å². The van der Waals surface area contributed by atoms with E-state index in [1.807, 2.05) is 0 Å². The minimum Gasteiger partial charge on any atom is -0.322 e. The van der Waals surface area contributed by atoms with E-state index in [1.165, 1.54) is 18.2 Å². The molecule has 3 rings (SSSR count). The molecule has 0 aromatic heterocycles. The van der Waals surface area contributed by atoms with Gasteiger partial charge in [0.25, 0.3) is 5.91 Å². The topological polar surface area (TPSA) is 110 Å². The van der Waals surface area contributed by atoms with E-state index in [-0.39, 0.29) is 5.56 Å². The van der Waals surface area contributed by atoms with E-state index in [1.54, 1.807) is 55.5 Å². The molecule has 0 fully saturated rings. The van der Waals surface area contributed by atoms with Gasteiger partial charge in [0.1, 0.15) is 5.82 Å². The van der Waals surface area contributed by atoms with Crippen LogP contribution in [0.3, 0.4) is 0 Å². The van der Waals surface area contributed by atoms with Crippen molar-refractivity contribution in [2.75, 3.05) is 14.9 Å². The summed E-state index contributed by atoms with van der Waals surface area (Å²) in [5.41, 5.74) is 10.4. The first-order valence-electron chi connectivity index (χ1n) is 9.59. The van der Waals surface area contributed by atoms with Crippen LogP contribution in [0.1, 0.15) is 28.9 Å². The molecule has 0 bridgehead atoms. The molecule has 2 N–H and O–H groups in total. The molecule has 0 saturated carbocycles. The van der Waals surface area contributed by atoms with Gasteiger partial charge in [-0.15, -0.1) is 0 Å². The van der Waals surface area contributed by atoms with E-state index in [4.69, 9.17) is 17.1 Å². The minimum atomic E-state index is -0.620. The first-order chi connectivity index (χ1) is 15.8. The second kappa shape index (κ2) is 10.7. The van der Waals surface area contributed by atoms with Gasteiger partial charge in [0, 0.05) is 21.3 Å². The van der Waals surface area contributed by atoms with E-state index < -0.39 is 23.8 Å². The maximum atomic E-state index is 13.8. The Labute approximate surface area is 199 Å². The number of nitrogens with zero attached hydrogens (tertiary/aromatic N) is 4. The molecular formula is C22H18ClFN6O2S. The fourth-order valence-corrected chi connectivity index (χ4v) is 3.43. The lowest BCUT2D eigenvalue weighted by Gasteiger charge is -2.18. The van der Waals surface area contributed by atoms with Crippen molar-refractivity contribution in [1.29, 1.82) is 0 Å². The van der Waals surface area contributed by atoms with Gasteiger partial charge in [0.2, 0.25) is 0 Å². The molecule has 8 nitrogen and oxygen atoms in total. The normalized spacial score (nSPS) is 11.2. The summed E-state index contributed by atoms with van der Waals surface area (Å²) >= 11 is 10.5. The molecule has 0 radical (unpaired) electrons. The number of rotatable bonds is 6. The van der Waals surface area contributed by atoms with E-state index in [9.17, 15) is 14.0 Å². The smallest absolute Gasteiger partial charge is 0.322 e. The van der Waals surface area contributed by atoms with Crippen molar-refractivity contribution in [2.24, 2.45) is 5.11 Å². The highest BCUT2D eigenvalue weighted by molar-refractivity contribution is 7.82. The number of hydrogen-bond acceptors (Lipinski definition) is 4. The highest BCUT2D eigenvalue weighted by atomic mass is 35.5. The van der Waals surface area contributed by atoms with E-state index >= 15 is 0 Å². The summed E-state index contributed by atoms with van der Waals surface area (Å²) < 4.78 is 14.8. The van der Waals surface area contributed by atoms with Crippen molar-refractivity contribution in [2.45, 2.75) is 13.0 Å². The lowest BCUT2D eigenvalue weighted by molar-refractivity contribution is 0.102. The van der Waals surface area contributed by atoms with Gasteiger partial charge in [-0.25, -0.2) is 13.5 Å². The monoisotopic (exact) mass is 484 g/mol. The Morgan fingerprint density at radius 3 is 2.39 bits per heavy atom. The molecule has 0 aliphatic heterocycles. The molecule has 0 saturated heterocycles. The molecule has 0 aliphatic rings. The molecule has 1 unspecified atom stereocenters. The fraction of sp³-hybridized carbons (Fsp3) is 0.0909. The molecule has 168 valence electrons. The second-order valence-electron chi connectivity index (χ2n) is 6.84. The van der Waals surface area contributed by atoms with Crippen molar-refractivity contribution in [1.82, 2.24) is 0 Å². The maximum absolute atomic E-state index is 13.8. The highest BCUT2D eigenvalue weighted by Crippen LogP contribution is 2.29. The standard InChI is InChI=1S/C22H18ClFN6O2S/c1-13(28-29-25)17-11-8-15(12-19(17)23)27-22(32)30(33)16-9-6-14(7-10-16)26-21(31)18-4-2-3-5-20(18)24/h2-13,33H,1H3,(H,26,31)(H,27,32). The van der Waals surface area contributed by atoms with Gasteiger partial charge < -0.3 is 10.6 Å². The average molecular weight is 485 g/mol. The first kappa shape index (κ1) is 23.9. The lowest BCUT2D eigenvalue weighted by atomic mass is 10.1. The minimum absolute atomic E-state index is 0.0738. The van der Waals surface area contributed by atoms with Crippen molar-refractivity contribution in [3.05, 3.63) is 99.1 Å². The van der Waals surface area contributed by atoms with Gasteiger partial charge in [-0.3, -0.25) is 4.79 Å². The second-order valence-corrected chi connectivity index (χ2v) is 7.65. The lowest BCUT2D eigenvalue weighted by Crippen LogP contribution is -2.26. The first-order valence-corrected chi connectivity index (χ1v) is 10.4. The zero-order chi connectivity index (χ0) is 24.0. The Bertz CT molecular complexity index is 1230. The zero-order valence-electron chi connectivity index (χ0n) is 17.2. The maximum Gasteiger partial charge on any atom is 0.336 e. The van der Waals surface area contributed by atoms with Crippen LogP contribution in [0.15, 0.2) is 71.8 Å². The highest BCUT2D eigenvalue weighted by Gasteiger charge is 2.15. The molecule has 11 heteroatoms. The third-order valence-electron chi connectivity index (χ3n) is 4.61. The molecule has 33 heavy (non-hydrogen) atoms. The van der Waals surface area contributed by atoms with Gasteiger partial charge in [-0.1, -0.05) is 54.7 Å². The number of azide groups is 1. The summed E-state index contributed by atoms with van der Waals surface area (Å²) in [6.07, 6.45) is 0. The Kier molecular flexibility index (Phi) is 7.78. The van der Waals surface area contributed by atoms with Gasteiger partial charge >= 0.3 is 6.03 Å². The van der Waals surface area contributed by atoms with Crippen molar-refractivity contribution >= 4 is 53.4 Å². The van der Waals surface area contributed by atoms with Crippen molar-refractivity contribution in [3.8, 4) is 0 Å². The number of carbonyl (C=O) groups excluding carboxylic acids is 2. The van der Waals surface area contributed by atoms with E-state index in [2.05, 4.69) is 33.5 Å². The summed E-state index contributed by atoms with van der Waals surface area (Å²) in [5, 5.41) is 9.21. The number of thiol groups is 1. The SMILES string of the molecule is CC(N=[N+]=[N-])c1ccc(NC(=O)N(S)c2ccc(NC(=O)c3ccccc3F)cc2)cc1Cl. The zero-order valence-corrected chi connectivity index (χ0v) is 18.9. The Morgan fingerprint density at radius 1 is 1.09 bits per heavy atom. The summed E-state index contributed by atoms with van der Waals surface area (Å²) in [6, 6.07) is 15.8. The Hall–Kier alpha value is -3.72. The van der Waals surface area contributed by atoms with Crippen LogP contribution < -0.4 is 14.9 Å². The van der Waals surface area contributed by atoms with Crippen LogP contribution in [0.2, 0.25) is 5.02 Å². The molecule has 3 aromatic carbocycles. The number of nitrogens with one attached hydrogen (secondary N) is 2. The predicted molar refractivity (Wildman–Crippen MR) is 130 cm³/mol. The van der Waals surface area contributed by atoms with Crippen LogP contribution in [0.4, 0.5) is 26.2 Å². The number of halogens is 2. The molecule has 3 amide bonds. The molecule has 1 atom stereocenters. The third kappa shape index (κ3) is 5.95. The molecule has 0 heterocycles. The summed E-state index contributed by atoms with van der Waals surface area (Å²) in [4.78, 5) is 27.5. The average Bonchev–Trinajstić information content (AvgIpc) is 2.79. The van der Waals surface area contributed by atoms with Crippen LogP contribution in [-0.2, 0) is 0 Å². The largest absolute Gasteiger partial charge is 0.336 e. The summed E-state index contributed by atoms with van der Waals surface area (Å²) in [6.45, 7) is 1.71. The van der Waals surface area contributed by atoms with Crippen molar-refractivity contribution < 1.29 is 14.0 Å². The van der Waals surface area contributed by atoms with Crippen LogP contribution in [0.25, 0.3) is 10.4 Å². The fourth-order valence-electron chi connectivity index (χ4n) is 2.91. The van der Waals surface area contributed by atoms with Gasteiger partial charge in [0.05, 0.1) is 17.3 Å². The van der Waals surface area contributed by atoms with Crippen LogP contribution >= 0.6 is 24.4 Å². The quantitative estimate of drug-likeness (QED) is 0.152. The number of anilines is 3. The predicted octanol–water partition coefficient (Wildman–Crippen LogP) is 6.99. The number of amides is 3. The van der Waals surface area contributed by atoms with Gasteiger partial charge in [-0.2, -0.15) is 0 Å². The number of benzene rings is 3. The van der Waals surface area contributed by atoms with Gasteiger partial charge in [-0.05, 0) is 59.6 Å². The molecule has 0 aliphatic carbocycles. The van der Waals surface area contributed by atoms with Crippen molar-refractivity contribution in [3.63, 3.8) is 0 Å². The number of urea groups is 1. The summed E-state index contributed by atoms with van der Waals surface area (Å²) in [5.74, 6) is -1.21. The van der Waals surface area contributed by atoms with Gasteiger partial charge in [0.15, 0.2) is 0 Å². The van der Waals surface area contributed by atoms with Crippen LogP contribution in [-0.4, -0.2) is 11.9 Å². The Balaban J connectivity index is 1.65. The Morgan fingerprint density at radius 2 is 1.76 bits per heavy atom. The number of carbonyl (C=O) groups is 2. The van der Waals surface area contributed by atoms with Crippen LogP contribution in [0.5, 0.6) is 0 Å². The molecule has 0 spiro atoms. The molecule has 3 aromatic rings. The summed E-state index contributed by atoms with van der Waals surface area (Å²) in [7, 11) is 0. The molecular weight excluding hydrogens is 467 g/mol. The van der Waals surface area contributed by atoms with E-state index in [0.717, 1.165) is 4.31 Å².